The Hall–Kier alpha value is -0.820. The number of fused-ring (bicyclic) bond motifs is 1. The first-order valence-electron chi connectivity index (χ1n) is 6.21. The van der Waals surface area contributed by atoms with E-state index in [4.69, 9.17) is 5.73 Å². The monoisotopic (exact) mass is 201 g/mol. The average molecular weight is 201 g/mol. The van der Waals surface area contributed by atoms with Crippen molar-refractivity contribution in [2.75, 3.05) is 6.54 Å². The summed E-state index contributed by atoms with van der Waals surface area (Å²) in [5.41, 5.74) is 10.6. The highest BCUT2D eigenvalue weighted by Crippen LogP contribution is 2.48. The smallest absolute Gasteiger partial charge is 0.00428 e. The Morgan fingerprint density at radius 1 is 1.20 bits per heavy atom. The zero-order chi connectivity index (χ0) is 10.3. The Morgan fingerprint density at radius 2 is 2.07 bits per heavy atom. The summed E-state index contributed by atoms with van der Waals surface area (Å²) >= 11 is 0. The summed E-state index contributed by atoms with van der Waals surface area (Å²) < 4.78 is 0. The Balaban J connectivity index is 1.94. The van der Waals surface area contributed by atoms with Crippen molar-refractivity contribution in [2.24, 2.45) is 11.7 Å². The Labute approximate surface area is 91.7 Å². The molecule has 0 saturated heterocycles. The third-order valence-electron chi connectivity index (χ3n) is 4.06. The lowest BCUT2D eigenvalue weighted by molar-refractivity contribution is 0.675. The predicted octanol–water partition coefficient (Wildman–Crippen LogP) is 2.63. The summed E-state index contributed by atoms with van der Waals surface area (Å²) in [5, 5.41) is 0. The lowest BCUT2D eigenvalue weighted by Gasteiger charge is -2.19. The molecule has 0 aliphatic heterocycles. The van der Waals surface area contributed by atoms with Crippen LogP contribution in [0.1, 0.15) is 41.9 Å². The van der Waals surface area contributed by atoms with E-state index in [0.29, 0.717) is 0 Å². The molecule has 1 aromatic carbocycles. The summed E-state index contributed by atoms with van der Waals surface area (Å²) in [4.78, 5) is 0. The Bertz CT molecular complexity index is 370. The van der Waals surface area contributed by atoms with Crippen molar-refractivity contribution in [2.45, 2.75) is 38.0 Å². The van der Waals surface area contributed by atoms with Crippen molar-refractivity contribution < 1.29 is 0 Å². The summed E-state index contributed by atoms with van der Waals surface area (Å²) in [5.74, 6) is 1.57. The molecule has 2 N–H and O–H groups in total. The van der Waals surface area contributed by atoms with Crippen LogP contribution in [0.15, 0.2) is 18.2 Å². The van der Waals surface area contributed by atoms with Gasteiger partial charge in [-0.2, -0.15) is 0 Å². The van der Waals surface area contributed by atoms with Gasteiger partial charge in [0.25, 0.3) is 0 Å². The largest absolute Gasteiger partial charge is 0.330 e. The van der Waals surface area contributed by atoms with Crippen LogP contribution in [0.4, 0.5) is 0 Å². The highest BCUT2D eigenvalue weighted by atomic mass is 14.6. The maximum absolute atomic E-state index is 5.74. The van der Waals surface area contributed by atoms with Crippen molar-refractivity contribution >= 4 is 0 Å². The van der Waals surface area contributed by atoms with Gasteiger partial charge in [-0.3, -0.25) is 0 Å². The van der Waals surface area contributed by atoms with Crippen LogP contribution in [0.5, 0.6) is 0 Å². The SMILES string of the molecule is NC[C@@H]1C[C@H]1c1cccc2c1CCCC2. The van der Waals surface area contributed by atoms with Crippen LogP contribution in [0.25, 0.3) is 0 Å². The van der Waals surface area contributed by atoms with Crippen molar-refractivity contribution in [3.8, 4) is 0 Å². The number of aryl methyl sites for hydroxylation is 1. The summed E-state index contributed by atoms with van der Waals surface area (Å²) in [7, 11) is 0. The second-order valence-corrected chi connectivity index (χ2v) is 5.03. The molecule has 2 aliphatic rings. The maximum atomic E-state index is 5.74. The van der Waals surface area contributed by atoms with Gasteiger partial charge in [-0.05, 0) is 67.2 Å². The molecule has 2 atom stereocenters. The number of benzene rings is 1. The van der Waals surface area contributed by atoms with Crippen molar-refractivity contribution in [3.05, 3.63) is 34.9 Å². The minimum atomic E-state index is 0.776. The summed E-state index contributed by atoms with van der Waals surface area (Å²) in [6.45, 7) is 0.869. The third kappa shape index (κ3) is 1.59. The van der Waals surface area contributed by atoms with Gasteiger partial charge in [0.1, 0.15) is 0 Å². The molecule has 0 bridgehead atoms. The van der Waals surface area contributed by atoms with Crippen LogP contribution in [-0.4, -0.2) is 6.54 Å². The van der Waals surface area contributed by atoms with Crippen LogP contribution in [-0.2, 0) is 12.8 Å². The molecule has 3 rings (SSSR count). The van der Waals surface area contributed by atoms with Crippen LogP contribution < -0.4 is 5.73 Å². The Morgan fingerprint density at radius 3 is 2.87 bits per heavy atom. The first-order valence-corrected chi connectivity index (χ1v) is 6.21. The van der Waals surface area contributed by atoms with E-state index in [1.807, 2.05) is 0 Å². The number of hydrogen-bond acceptors (Lipinski definition) is 1. The zero-order valence-electron chi connectivity index (χ0n) is 9.21. The third-order valence-corrected chi connectivity index (χ3v) is 4.06. The molecule has 1 heteroatoms. The van der Waals surface area contributed by atoms with Crippen molar-refractivity contribution in [3.63, 3.8) is 0 Å². The molecule has 0 spiro atoms. The molecule has 1 fully saturated rings. The highest BCUT2D eigenvalue weighted by molar-refractivity contribution is 5.41. The minimum absolute atomic E-state index is 0.776. The maximum Gasteiger partial charge on any atom is -0.00428 e. The molecule has 0 unspecified atom stereocenters. The molecule has 0 radical (unpaired) electrons. The molecular formula is C14H19N. The number of rotatable bonds is 2. The van der Waals surface area contributed by atoms with E-state index in [-0.39, 0.29) is 0 Å². The van der Waals surface area contributed by atoms with E-state index in [2.05, 4.69) is 18.2 Å². The van der Waals surface area contributed by atoms with Gasteiger partial charge >= 0.3 is 0 Å². The number of nitrogens with two attached hydrogens (primary N) is 1. The molecule has 80 valence electrons. The first-order chi connectivity index (χ1) is 7.40. The van der Waals surface area contributed by atoms with Crippen LogP contribution in [0.3, 0.4) is 0 Å². The molecule has 1 saturated carbocycles. The topological polar surface area (TPSA) is 26.0 Å². The fraction of sp³-hybridized carbons (Fsp3) is 0.571. The summed E-state index contributed by atoms with van der Waals surface area (Å²) in [6.07, 6.45) is 6.68. The lowest BCUT2D eigenvalue weighted by Crippen LogP contribution is -2.07. The van der Waals surface area contributed by atoms with Crippen LogP contribution >= 0.6 is 0 Å². The van der Waals surface area contributed by atoms with Crippen LogP contribution in [0.2, 0.25) is 0 Å². The molecular weight excluding hydrogens is 182 g/mol. The Kier molecular flexibility index (Phi) is 2.28. The molecule has 0 amide bonds. The van der Waals surface area contributed by atoms with Gasteiger partial charge < -0.3 is 5.73 Å². The molecule has 0 aromatic heterocycles. The standard InChI is InChI=1S/C14H19N/c15-9-11-8-14(11)13-7-3-5-10-4-1-2-6-12(10)13/h3,5,7,11,14H,1-2,4,6,8-9,15H2/t11-,14+/m0/s1. The van der Waals surface area contributed by atoms with Crippen LogP contribution in [0, 0.1) is 5.92 Å². The van der Waals surface area contributed by atoms with Gasteiger partial charge in [-0.1, -0.05) is 18.2 Å². The van der Waals surface area contributed by atoms with E-state index in [1.165, 1.54) is 32.1 Å². The van der Waals surface area contributed by atoms with Crippen molar-refractivity contribution in [1.82, 2.24) is 0 Å². The molecule has 2 aliphatic carbocycles. The summed E-state index contributed by atoms with van der Waals surface area (Å²) in [6, 6.07) is 6.90. The minimum Gasteiger partial charge on any atom is -0.330 e. The first kappa shape index (κ1) is 9.41. The molecule has 0 heterocycles. The second kappa shape index (κ2) is 3.64. The van der Waals surface area contributed by atoms with Gasteiger partial charge in [0.15, 0.2) is 0 Å². The van der Waals surface area contributed by atoms with E-state index in [0.717, 1.165) is 18.4 Å². The van der Waals surface area contributed by atoms with Gasteiger partial charge in [0.2, 0.25) is 0 Å². The quantitative estimate of drug-likeness (QED) is 0.782. The fourth-order valence-electron chi connectivity index (χ4n) is 3.05. The van der Waals surface area contributed by atoms with Gasteiger partial charge in [-0.15, -0.1) is 0 Å². The average Bonchev–Trinajstić information content (AvgIpc) is 3.07. The molecule has 15 heavy (non-hydrogen) atoms. The van der Waals surface area contributed by atoms with Gasteiger partial charge in [-0.25, -0.2) is 0 Å². The fourth-order valence-corrected chi connectivity index (χ4v) is 3.05. The molecule has 1 nitrogen and oxygen atoms in total. The van der Waals surface area contributed by atoms with E-state index < -0.39 is 0 Å². The number of hydrogen-bond donors (Lipinski definition) is 1. The second-order valence-electron chi connectivity index (χ2n) is 5.03. The van der Waals surface area contributed by atoms with Crippen molar-refractivity contribution in [1.29, 1.82) is 0 Å². The highest BCUT2D eigenvalue weighted by Gasteiger charge is 2.38. The van der Waals surface area contributed by atoms with E-state index in [9.17, 15) is 0 Å². The van der Waals surface area contributed by atoms with E-state index >= 15 is 0 Å². The van der Waals surface area contributed by atoms with E-state index in [1.54, 1.807) is 16.7 Å². The van der Waals surface area contributed by atoms with Gasteiger partial charge in [0.05, 0.1) is 0 Å². The zero-order valence-corrected chi connectivity index (χ0v) is 9.21. The lowest BCUT2D eigenvalue weighted by atomic mass is 9.86. The van der Waals surface area contributed by atoms with Gasteiger partial charge in [0, 0.05) is 0 Å². The molecule has 1 aromatic rings. The normalized spacial score (nSPS) is 28.6. The predicted molar refractivity (Wildman–Crippen MR) is 63.0 cm³/mol.